The first-order chi connectivity index (χ1) is 11.5. The van der Waals surface area contributed by atoms with Gasteiger partial charge in [-0.25, -0.2) is 0 Å². The molecule has 0 atom stereocenters. The summed E-state index contributed by atoms with van der Waals surface area (Å²) in [5.74, 6) is 0.0635. The lowest BCUT2D eigenvalue weighted by atomic mass is 10.0. The number of hydrogen-bond donors (Lipinski definition) is 0. The largest absolute Gasteiger partial charge is 0.339 e. The minimum absolute atomic E-state index is 0.0635. The normalized spacial score (nSPS) is 16.3. The van der Waals surface area contributed by atoms with Crippen LogP contribution in [0.3, 0.4) is 0 Å². The first-order valence-corrected chi connectivity index (χ1v) is 9.05. The maximum atomic E-state index is 12.5. The van der Waals surface area contributed by atoms with Gasteiger partial charge < -0.3 is 4.90 Å². The number of carbonyl (C=O) groups excluding carboxylic acids is 1. The molecular formula is C18H23BrN4O. The smallest absolute Gasteiger partial charge is 0.257 e. The highest BCUT2D eigenvalue weighted by molar-refractivity contribution is 9.10. The van der Waals surface area contributed by atoms with Gasteiger partial charge in [0.15, 0.2) is 0 Å². The molecule has 3 rings (SSSR count). The molecule has 1 fully saturated rings. The van der Waals surface area contributed by atoms with Crippen LogP contribution >= 0.6 is 15.9 Å². The average molecular weight is 391 g/mol. The Morgan fingerprint density at radius 1 is 1.38 bits per heavy atom. The monoisotopic (exact) mass is 390 g/mol. The van der Waals surface area contributed by atoms with Crippen LogP contribution in [0.4, 0.5) is 0 Å². The maximum absolute atomic E-state index is 12.5. The average Bonchev–Trinajstić information content (AvgIpc) is 3.01. The second-order valence-electron chi connectivity index (χ2n) is 6.46. The maximum Gasteiger partial charge on any atom is 0.257 e. The number of aryl methyl sites for hydroxylation is 1. The lowest BCUT2D eigenvalue weighted by molar-refractivity contribution is 0.0636. The molecule has 24 heavy (non-hydrogen) atoms. The molecule has 2 heterocycles. The van der Waals surface area contributed by atoms with E-state index in [0.717, 1.165) is 36.9 Å². The summed E-state index contributed by atoms with van der Waals surface area (Å²) >= 11 is 3.53. The molecule has 0 saturated carbocycles. The third-order valence-corrected chi connectivity index (χ3v) is 5.17. The Labute approximate surface area is 151 Å². The van der Waals surface area contributed by atoms with E-state index in [1.807, 2.05) is 19.0 Å². The van der Waals surface area contributed by atoms with Crippen molar-refractivity contribution < 1.29 is 4.79 Å². The number of rotatable bonds is 4. The number of aromatic nitrogens is 2. The topological polar surface area (TPSA) is 41.4 Å². The van der Waals surface area contributed by atoms with Crippen LogP contribution in [-0.2, 0) is 13.6 Å². The Hall–Kier alpha value is -1.66. The van der Waals surface area contributed by atoms with Crippen molar-refractivity contribution in [1.82, 2.24) is 19.6 Å². The summed E-state index contributed by atoms with van der Waals surface area (Å²) < 4.78 is 2.79. The molecule has 0 N–H and O–H groups in total. The summed E-state index contributed by atoms with van der Waals surface area (Å²) in [7, 11) is 3.74. The minimum atomic E-state index is 0.0635. The molecule has 1 aromatic carbocycles. The van der Waals surface area contributed by atoms with Crippen molar-refractivity contribution in [2.75, 3.05) is 20.1 Å². The number of halogens is 1. The fourth-order valence-electron chi connectivity index (χ4n) is 3.26. The summed E-state index contributed by atoms with van der Waals surface area (Å²) in [4.78, 5) is 16.9. The Morgan fingerprint density at radius 2 is 2.12 bits per heavy atom. The van der Waals surface area contributed by atoms with E-state index in [4.69, 9.17) is 0 Å². The number of carbonyl (C=O) groups is 1. The van der Waals surface area contributed by atoms with Gasteiger partial charge in [0.25, 0.3) is 5.91 Å². The van der Waals surface area contributed by atoms with Crippen LogP contribution in [-0.4, -0.2) is 51.7 Å². The van der Waals surface area contributed by atoms with Crippen LogP contribution in [0.1, 0.15) is 28.8 Å². The van der Waals surface area contributed by atoms with Crippen molar-refractivity contribution in [2.24, 2.45) is 7.05 Å². The number of piperidine rings is 1. The predicted octanol–water partition coefficient (Wildman–Crippen LogP) is 2.92. The molecule has 0 spiro atoms. The van der Waals surface area contributed by atoms with Crippen LogP contribution < -0.4 is 0 Å². The molecule has 0 radical (unpaired) electrons. The summed E-state index contributed by atoms with van der Waals surface area (Å²) in [6.45, 7) is 3.00. The minimum Gasteiger partial charge on any atom is -0.339 e. The Kier molecular flexibility index (Phi) is 5.36. The van der Waals surface area contributed by atoms with Crippen LogP contribution in [0, 0.1) is 0 Å². The van der Waals surface area contributed by atoms with Gasteiger partial charge in [-0.3, -0.25) is 14.4 Å². The Balaban J connectivity index is 1.53. The van der Waals surface area contributed by atoms with E-state index in [-0.39, 0.29) is 5.91 Å². The molecule has 1 aliphatic rings. The van der Waals surface area contributed by atoms with Crippen LogP contribution in [0.25, 0.3) is 0 Å². The molecule has 2 aromatic rings. The molecule has 128 valence electrons. The Bertz CT molecular complexity index is 707. The van der Waals surface area contributed by atoms with Gasteiger partial charge in [0.1, 0.15) is 0 Å². The second-order valence-corrected chi connectivity index (χ2v) is 7.37. The fraction of sp³-hybridized carbons (Fsp3) is 0.444. The van der Waals surface area contributed by atoms with Gasteiger partial charge in [-0.1, -0.05) is 28.1 Å². The Morgan fingerprint density at radius 3 is 2.75 bits per heavy atom. The molecule has 0 unspecified atom stereocenters. The van der Waals surface area contributed by atoms with Gasteiger partial charge in [0.2, 0.25) is 0 Å². The van der Waals surface area contributed by atoms with Gasteiger partial charge in [-0.2, -0.15) is 5.10 Å². The van der Waals surface area contributed by atoms with E-state index < -0.39 is 0 Å². The predicted molar refractivity (Wildman–Crippen MR) is 97.7 cm³/mol. The SMILES string of the molecule is CN(C(=O)c1cnn(C)c1)C1CCN(Cc2cccc(Br)c2)CC1. The molecule has 1 aromatic heterocycles. The van der Waals surface area contributed by atoms with Gasteiger partial charge in [0.05, 0.1) is 11.8 Å². The first-order valence-electron chi connectivity index (χ1n) is 8.25. The summed E-state index contributed by atoms with van der Waals surface area (Å²) in [6, 6.07) is 8.76. The van der Waals surface area contributed by atoms with E-state index in [1.165, 1.54) is 5.56 Å². The number of nitrogens with zero attached hydrogens (tertiary/aromatic N) is 4. The third-order valence-electron chi connectivity index (χ3n) is 4.67. The van der Waals surface area contributed by atoms with Gasteiger partial charge in [-0.05, 0) is 30.5 Å². The van der Waals surface area contributed by atoms with Gasteiger partial charge in [0, 0.05) is 50.4 Å². The molecule has 0 aliphatic carbocycles. The number of hydrogen-bond acceptors (Lipinski definition) is 3. The van der Waals surface area contributed by atoms with Crippen molar-refractivity contribution in [2.45, 2.75) is 25.4 Å². The zero-order valence-electron chi connectivity index (χ0n) is 14.2. The third kappa shape index (κ3) is 4.05. The highest BCUT2D eigenvalue weighted by Crippen LogP contribution is 2.20. The molecule has 0 bridgehead atoms. The van der Waals surface area contributed by atoms with Crippen molar-refractivity contribution in [3.63, 3.8) is 0 Å². The number of benzene rings is 1. The van der Waals surface area contributed by atoms with Crippen molar-refractivity contribution in [3.8, 4) is 0 Å². The highest BCUT2D eigenvalue weighted by Gasteiger charge is 2.26. The summed E-state index contributed by atoms with van der Waals surface area (Å²) in [5.41, 5.74) is 1.99. The van der Waals surface area contributed by atoms with E-state index in [0.29, 0.717) is 11.6 Å². The van der Waals surface area contributed by atoms with Gasteiger partial charge >= 0.3 is 0 Å². The van der Waals surface area contributed by atoms with E-state index in [9.17, 15) is 4.79 Å². The van der Waals surface area contributed by atoms with Crippen LogP contribution in [0.5, 0.6) is 0 Å². The second kappa shape index (κ2) is 7.49. The quantitative estimate of drug-likeness (QED) is 0.805. The molecule has 5 nitrogen and oxygen atoms in total. The summed E-state index contributed by atoms with van der Waals surface area (Å²) in [6.07, 6.45) is 5.44. The number of likely N-dealkylation sites (tertiary alicyclic amines) is 1. The first kappa shape index (κ1) is 17.2. The van der Waals surface area contributed by atoms with Crippen molar-refractivity contribution in [1.29, 1.82) is 0 Å². The molecule has 6 heteroatoms. The molecule has 1 amide bonds. The lowest BCUT2D eigenvalue weighted by Gasteiger charge is -2.36. The highest BCUT2D eigenvalue weighted by atomic mass is 79.9. The lowest BCUT2D eigenvalue weighted by Crippen LogP contribution is -2.45. The van der Waals surface area contributed by atoms with Crippen molar-refractivity contribution >= 4 is 21.8 Å². The standard InChI is InChI=1S/C18H23BrN4O/c1-21-13-15(11-20-21)18(24)22(2)17-6-8-23(9-7-17)12-14-4-3-5-16(19)10-14/h3-5,10-11,13,17H,6-9,12H2,1-2H3. The van der Waals surface area contributed by atoms with E-state index in [1.54, 1.807) is 17.1 Å². The van der Waals surface area contributed by atoms with Crippen LogP contribution in [0.2, 0.25) is 0 Å². The zero-order chi connectivity index (χ0) is 17.1. The molecular weight excluding hydrogens is 368 g/mol. The summed E-state index contributed by atoms with van der Waals surface area (Å²) in [5, 5.41) is 4.09. The van der Waals surface area contributed by atoms with Crippen molar-refractivity contribution in [3.05, 3.63) is 52.3 Å². The zero-order valence-corrected chi connectivity index (χ0v) is 15.7. The van der Waals surface area contributed by atoms with E-state index in [2.05, 4.69) is 50.2 Å². The molecule has 1 saturated heterocycles. The van der Waals surface area contributed by atoms with Crippen LogP contribution in [0.15, 0.2) is 41.1 Å². The molecule has 1 aliphatic heterocycles. The number of amides is 1. The van der Waals surface area contributed by atoms with Gasteiger partial charge in [-0.15, -0.1) is 0 Å². The van der Waals surface area contributed by atoms with E-state index >= 15 is 0 Å². The fourth-order valence-corrected chi connectivity index (χ4v) is 3.71.